The Morgan fingerprint density at radius 2 is 1.95 bits per heavy atom. The summed E-state index contributed by atoms with van der Waals surface area (Å²) in [4.78, 5) is 11.1. The molecular formula is C12H16INO4S. The summed E-state index contributed by atoms with van der Waals surface area (Å²) in [6, 6.07) is 3.56. The summed E-state index contributed by atoms with van der Waals surface area (Å²) in [6.45, 7) is 5.18. The van der Waals surface area contributed by atoms with Crippen molar-refractivity contribution in [2.75, 3.05) is 0 Å². The first kappa shape index (κ1) is 16.4. The molecule has 0 aliphatic heterocycles. The topological polar surface area (TPSA) is 83.5 Å². The van der Waals surface area contributed by atoms with Gasteiger partial charge in [0.2, 0.25) is 10.0 Å². The number of sulfonamides is 1. The number of hydrogen-bond acceptors (Lipinski definition) is 3. The second kappa shape index (κ2) is 6.19. The molecule has 0 aliphatic rings. The van der Waals surface area contributed by atoms with Gasteiger partial charge in [0.1, 0.15) is 6.04 Å². The van der Waals surface area contributed by atoms with E-state index in [1.165, 1.54) is 12.1 Å². The van der Waals surface area contributed by atoms with Gasteiger partial charge in [-0.1, -0.05) is 19.9 Å². The number of aliphatic carboxylic acids is 1. The lowest BCUT2D eigenvalue weighted by molar-refractivity contribution is -0.140. The van der Waals surface area contributed by atoms with Crippen molar-refractivity contribution in [3.8, 4) is 0 Å². The number of nitrogens with one attached hydrogen (secondary N) is 1. The predicted octanol–water partition coefficient (Wildman–Crippen LogP) is 1.99. The van der Waals surface area contributed by atoms with Gasteiger partial charge >= 0.3 is 5.97 Å². The van der Waals surface area contributed by atoms with E-state index in [2.05, 4.69) is 4.72 Å². The molecule has 1 rings (SSSR count). The Labute approximate surface area is 126 Å². The Bertz CT molecular complexity index is 583. The van der Waals surface area contributed by atoms with Gasteiger partial charge in [0.15, 0.2) is 0 Å². The summed E-state index contributed by atoms with van der Waals surface area (Å²) in [6.07, 6.45) is 0. The predicted molar refractivity (Wildman–Crippen MR) is 80.5 cm³/mol. The monoisotopic (exact) mass is 397 g/mol. The molecule has 0 fully saturated rings. The zero-order valence-electron chi connectivity index (χ0n) is 10.8. The van der Waals surface area contributed by atoms with Crippen molar-refractivity contribution in [3.05, 3.63) is 27.3 Å². The van der Waals surface area contributed by atoms with E-state index in [0.717, 1.165) is 9.13 Å². The highest BCUT2D eigenvalue weighted by molar-refractivity contribution is 14.1. The van der Waals surface area contributed by atoms with Crippen molar-refractivity contribution in [2.24, 2.45) is 5.92 Å². The molecule has 1 atom stereocenters. The van der Waals surface area contributed by atoms with Crippen LogP contribution in [0, 0.1) is 16.4 Å². The van der Waals surface area contributed by atoms with Crippen LogP contribution in [0.4, 0.5) is 0 Å². The van der Waals surface area contributed by atoms with Gasteiger partial charge in [-0.3, -0.25) is 4.79 Å². The SMILES string of the molecule is Cc1ccc(S(=O)(=O)N[C@@H](C(=O)O)C(C)C)cc1I. The maximum Gasteiger partial charge on any atom is 0.322 e. The molecule has 0 aromatic heterocycles. The van der Waals surface area contributed by atoms with Gasteiger partial charge in [-0.05, 0) is 53.1 Å². The molecule has 2 N–H and O–H groups in total. The Morgan fingerprint density at radius 1 is 1.37 bits per heavy atom. The minimum Gasteiger partial charge on any atom is -0.480 e. The Hall–Kier alpha value is -0.670. The van der Waals surface area contributed by atoms with Crippen LogP contribution in [0.3, 0.4) is 0 Å². The largest absolute Gasteiger partial charge is 0.480 e. The maximum atomic E-state index is 12.1. The van der Waals surface area contributed by atoms with Gasteiger partial charge in [-0.2, -0.15) is 4.72 Å². The number of rotatable bonds is 5. The molecule has 106 valence electrons. The van der Waals surface area contributed by atoms with Crippen LogP contribution in [-0.4, -0.2) is 25.5 Å². The van der Waals surface area contributed by atoms with E-state index in [-0.39, 0.29) is 10.8 Å². The standard InChI is InChI=1S/C12H16INO4S/c1-7(2)11(12(15)16)14-19(17,18)9-5-4-8(3)10(13)6-9/h4-7,11,14H,1-3H3,(H,15,16)/t11-/m1/s1. The molecule has 1 aromatic carbocycles. The average Bonchev–Trinajstić information content (AvgIpc) is 2.28. The Kier molecular flexibility index (Phi) is 5.34. The van der Waals surface area contributed by atoms with Gasteiger partial charge in [-0.25, -0.2) is 8.42 Å². The first-order chi connectivity index (χ1) is 8.65. The number of carboxylic acids is 1. The fourth-order valence-electron chi connectivity index (χ4n) is 1.45. The summed E-state index contributed by atoms with van der Waals surface area (Å²) >= 11 is 2.04. The smallest absolute Gasteiger partial charge is 0.322 e. The summed E-state index contributed by atoms with van der Waals surface area (Å²) < 4.78 is 27.3. The summed E-state index contributed by atoms with van der Waals surface area (Å²) in [5.41, 5.74) is 0.971. The van der Waals surface area contributed by atoms with Gasteiger partial charge in [0.25, 0.3) is 0 Å². The third-order valence-corrected chi connectivity index (χ3v) is 5.27. The lowest BCUT2D eigenvalue weighted by Crippen LogP contribution is -2.44. The molecular weight excluding hydrogens is 381 g/mol. The molecule has 1 aromatic rings. The minimum atomic E-state index is -3.82. The molecule has 0 amide bonds. The van der Waals surface area contributed by atoms with Crippen LogP contribution < -0.4 is 4.72 Å². The van der Waals surface area contributed by atoms with E-state index in [1.54, 1.807) is 19.9 Å². The second-order valence-electron chi connectivity index (χ2n) is 4.59. The highest BCUT2D eigenvalue weighted by atomic mass is 127. The van der Waals surface area contributed by atoms with E-state index < -0.39 is 22.0 Å². The molecule has 0 aliphatic carbocycles. The fraction of sp³-hybridized carbons (Fsp3) is 0.417. The number of carboxylic acid groups (broad SMARTS) is 1. The van der Waals surface area contributed by atoms with Crippen molar-refractivity contribution in [2.45, 2.75) is 31.7 Å². The molecule has 0 bridgehead atoms. The number of hydrogen-bond donors (Lipinski definition) is 2. The molecule has 0 saturated heterocycles. The number of aryl methyl sites for hydroxylation is 1. The fourth-order valence-corrected chi connectivity index (χ4v) is 3.54. The van der Waals surface area contributed by atoms with Crippen LogP contribution in [0.25, 0.3) is 0 Å². The van der Waals surface area contributed by atoms with Crippen molar-refractivity contribution >= 4 is 38.6 Å². The lowest BCUT2D eigenvalue weighted by Gasteiger charge is -2.18. The molecule has 0 saturated carbocycles. The number of benzene rings is 1. The lowest BCUT2D eigenvalue weighted by atomic mass is 10.1. The van der Waals surface area contributed by atoms with Gasteiger partial charge in [0, 0.05) is 3.57 Å². The van der Waals surface area contributed by atoms with Crippen LogP contribution in [0.15, 0.2) is 23.1 Å². The highest BCUT2D eigenvalue weighted by Gasteiger charge is 2.28. The van der Waals surface area contributed by atoms with E-state index in [0.29, 0.717) is 0 Å². The summed E-state index contributed by atoms with van der Waals surface area (Å²) in [5, 5.41) is 9.02. The third-order valence-electron chi connectivity index (χ3n) is 2.67. The summed E-state index contributed by atoms with van der Waals surface area (Å²) in [7, 11) is -3.82. The van der Waals surface area contributed by atoms with Gasteiger partial charge < -0.3 is 5.11 Å². The molecule has 7 heteroatoms. The summed E-state index contributed by atoms with van der Waals surface area (Å²) in [5.74, 6) is -1.52. The van der Waals surface area contributed by atoms with Crippen molar-refractivity contribution in [1.29, 1.82) is 0 Å². The second-order valence-corrected chi connectivity index (χ2v) is 7.47. The average molecular weight is 397 g/mol. The molecule has 0 unspecified atom stereocenters. The first-order valence-electron chi connectivity index (χ1n) is 5.66. The van der Waals surface area contributed by atoms with Crippen molar-refractivity contribution < 1.29 is 18.3 Å². The number of carbonyl (C=O) groups is 1. The van der Waals surface area contributed by atoms with Crippen molar-refractivity contribution in [3.63, 3.8) is 0 Å². The quantitative estimate of drug-likeness (QED) is 0.745. The molecule has 0 radical (unpaired) electrons. The maximum absolute atomic E-state index is 12.1. The zero-order valence-corrected chi connectivity index (χ0v) is 13.8. The van der Waals surface area contributed by atoms with E-state index in [4.69, 9.17) is 5.11 Å². The number of halogens is 1. The van der Waals surface area contributed by atoms with Crippen LogP contribution in [0.2, 0.25) is 0 Å². The zero-order chi connectivity index (χ0) is 14.8. The van der Waals surface area contributed by atoms with Crippen LogP contribution in [-0.2, 0) is 14.8 Å². The third kappa shape index (κ3) is 4.15. The Balaban J connectivity index is 3.10. The molecule has 19 heavy (non-hydrogen) atoms. The normalized spacial score (nSPS) is 13.5. The van der Waals surface area contributed by atoms with Crippen LogP contribution in [0.1, 0.15) is 19.4 Å². The van der Waals surface area contributed by atoms with E-state index in [9.17, 15) is 13.2 Å². The first-order valence-corrected chi connectivity index (χ1v) is 8.22. The van der Waals surface area contributed by atoms with Crippen molar-refractivity contribution in [1.82, 2.24) is 4.72 Å². The van der Waals surface area contributed by atoms with E-state index >= 15 is 0 Å². The van der Waals surface area contributed by atoms with Gasteiger partial charge in [-0.15, -0.1) is 0 Å². The highest BCUT2D eigenvalue weighted by Crippen LogP contribution is 2.18. The van der Waals surface area contributed by atoms with E-state index in [1.807, 2.05) is 29.5 Å². The Morgan fingerprint density at radius 3 is 2.37 bits per heavy atom. The minimum absolute atomic E-state index is 0.0781. The molecule has 0 spiro atoms. The van der Waals surface area contributed by atoms with Crippen LogP contribution in [0.5, 0.6) is 0 Å². The molecule has 5 nitrogen and oxygen atoms in total. The van der Waals surface area contributed by atoms with Crippen LogP contribution >= 0.6 is 22.6 Å². The molecule has 0 heterocycles. The van der Waals surface area contributed by atoms with Gasteiger partial charge in [0.05, 0.1) is 4.90 Å².